The van der Waals surface area contributed by atoms with Crippen LogP contribution in [-0.2, 0) is 6.42 Å². The van der Waals surface area contributed by atoms with Crippen molar-refractivity contribution in [1.29, 1.82) is 0 Å². The second-order valence-corrected chi connectivity index (χ2v) is 3.63. The maximum Gasteiger partial charge on any atom is 0.220 e. The van der Waals surface area contributed by atoms with E-state index in [0.29, 0.717) is 5.56 Å². The predicted octanol–water partition coefficient (Wildman–Crippen LogP) is 3.26. The number of hydrogen-bond donors (Lipinski definition) is 0. The number of halogens is 1. The molecule has 17 heavy (non-hydrogen) atoms. The van der Waals surface area contributed by atoms with Crippen molar-refractivity contribution in [3.63, 3.8) is 0 Å². The second kappa shape index (κ2) is 4.95. The Balaban J connectivity index is 2.50. The van der Waals surface area contributed by atoms with E-state index >= 15 is 0 Å². The number of aromatic nitrogens is 1. The van der Waals surface area contributed by atoms with Gasteiger partial charge in [0.25, 0.3) is 0 Å². The van der Waals surface area contributed by atoms with Crippen LogP contribution in [0.4, 0.5) is 4.39 Å². The second-order valence-electron chi connectivity index (χ2n) is 3.63. The third kappa shape index (κ3) is 2.28. The van der Waals surface area contributed by atoms with E-state index in [0.717, 1.165) is 23.3 Å². The van der Waals surface area contributed by atoms with Crippen LogP contribution in [0.2, 0.25) is 0 Å². The summed E-state index contributed by atoms with van der Waals surface area (Å²) in [6, 6.07) is 10.1. The summed E-state index contributed by atoms with van der Waals surface area (Å²) in [6.45, 7) is 2.03. The number of benzene rings is 1. The summed E-state index contributed by atoms with van der Waals surface area (Å²) in [5.41, 5.74) is 2.18. The first kappa shape index (κ1) is 11.6. The van der Waals surface area contributed by atoms with Crippen LogP contribution in [0.3, 0.4) is 0 Å². The molecule has 2 rings (SSSR count). The average molecular weight is 230 g/mol. The van der Waals surface area contributed by atoms with Gasteiger partial charge in [-0.2, -0.15) is 4.39 Å². The quantitative estimate of drug-likeness (QED) is 0.755. The van der Waals surface area contributed by atoms with Crippen LogP contribution in [-0.4, -0.2) is 12.1 Å². The van der Waals surface area contributed by atoms with Gasteiger partial charge in [0.05, 0.1) is 7.11 Å². The zero-order valence-corrected chi connectivity index (χ0v) is 9.83. The van der Waals surface area contributed by atoms with Gasteiger partial charge >= 0.3 is 0 Å². The van der Waals surface area contributed by atoms with E-state index in [9.17, 15) is 4.39 Å². The Hall–Kier alpha value is -1.90. The zero-order valence-electron chi connectivity index (χ0n) is 9.83. The van der Waals surface area contributed by atoms with Crippen LogP contribution in [0.25, 0.3) is 11.1 Å². The number of aryl methyl sites for hydroxylation is 1. The molecule has 0 amide bonds. The summed E-state index contributed by atoms with van der Waals surface area (Å²) in [7, 11) is 1.60. The normalized spacial score (nSPS) is 10.3. The van der Waals surface area contributed by atoms with E-state index in [-0.39, 0.29) is 0 Å². The summed E-state index contributed by atoms with van der Waals surface area (Å²) in [5, 5.41) is 0. The fourth-order valence-corrected chi connectivity index (χ4v) is 1.72. The lowest BCUT2D eigenvalue weighted by atomic mass is 10.0. The molecule has 1 heterocycles. The van der Waals surface area contributed by atoms with E-state index in [1.54, 1.807) is 25.3 Å². The maximum atomic E-state index is 13.5. The van der Waals surface area contributed by atoms with Crippen molar-refractivity contribution >= 4 is 0 Å². The standard InChI is InChI=1S/C14H13FNO/c1-3-10-6-7-11(9-13(10)17-2)12-5-4-8-16-14(12)15/h4-5,7-9H,3H2,1-2H3. The van der Waals surface area contributed by atoms with Gasteiger partial charge in [-0.3, -0.25) is 0 Å². The smallest absolute Gasteiger partial charge is 0.220 e. The minimum absolute atomic E-state index is 0.463. The third-order valence-corrected chi connectivity index (χ3v) is 2.63. The highest BCUT2D eigenvalue weighted by atomic mass is 19.1. The molecular weight excluding hydrogens is 217 g/mol. The van der Waals surface area contributed by atoms with Crippen molar-refractivity contribution in [2.75, 3.05) is 7.11 Å². The molecule has 0 fully saturated rings. The van der Waals surface area contributed by atoms with Crippen LogP contribution in [0.5, 0.6) is 5.75 Å². The van der Waals surface area contributed by atoms with Gasteiger partial charge in [-0.1, -0.05) is 6.92 Å². The maximum absolute atomic E-state index is 13.5. The Morgan fingerprint density at radius 2 is 2.29 bits per heavy atom. The van der Waals surface area contributed by atoms with E-state index in [1.807, 2.05) is 13.0 Å². The summed E-state index contributed by atoms with van der Waals surface area (Å²) >= 11 is 0. The Morgan fingerprint density at radius 3 is 2.94 bits per heavy atom. The molecule has 87 valence electrons. The third-order valence-electron chi connectivity index (χ3n) is 2.63. The number of methoxy groups -OCH3 is 1. The molecule has 2 nitrogen and oxygen atoms in total. The first-order valence-electron chi connectivity index (χ1n) is 5.45. The lowest BCUT2D eigenvalue weighted by molar-refractivity contribution is 0.410. The molecule has 1 aromatic carbocycles. The summed E-state index contributed by atoms with van der Waals surface area (Å²) < 4.78 is 18.8. The molecule has 0 bridgehead atoms. The fourth-order valence-electron chi connectivity index (χ4n) is 1.72. The Labute approximate surface area is 100 Å². The Morgan fingerprint density at radius 1 is 1.47 bits per heavy atom. The number of rotatable bonds is 3. The Bertz CT molecular complexity index is 525. The summed E-state index contributed by atoms with van der Waals surface area (Å²) in [4.78, 5) is 3.63. The van der Waals surface area contributed by atoms with Gasteiger partial charge in [-0.15, -0.1) is 0 Å². The zero-order chi connectivity index (χ0) is 12.3. The van der Waals surface area contributed by atoms with Gasteiger partial charge in [-0.25, -0.2) is 4.98 Å². The molecule has 0 aliphatic heterocycles. The van der Waals surface area contributed by atoms with Crippen LogP contribution in [0.1, 0.15) is 12.5 Å². The summed E-state index contributed by atoms with van der Waals surface area (Å²) in [6.07, 6.45) is 2.26. The minimum atomic E-state index is -0.479. The van der Waals surface area contributed by atoms with Crippen molar-refractivity contribution < 1.29 is 9.13 Å². The van der Waals surface area contributed by atoms with E-state index in [4.69, 9.17) is 4.74 Å². The first-order chi connectivity index (χ1) is 8.26. The molecule has 2 aromatic rings. The van der Waals surface area contributed by atoms with Gasteiger partial charge in [0.15, 0.2) is 0 Å². The molecule has 0 N–H and O–H groups in total. The van der Waals surface area contributed by atoms with E-state index in [1.165, 1.54) is 6.20 Å². The van der Waals surface area contributed by atoms with Gasteiger partial charge in [0.1, 0.15) is 5.75 Å². The van der Waals surface area contributed by atoms with Crippen LogP contribution >= 0.6 is 0 Å². The lowest BCUT2D eigenvalue weighted by Crippen LogP contribution is -1.93. The highest BCUT2D eigenvalue weighted by molar-refractivity contribution is 5.65. The van der Waals surface area contributed by atoms with Crippen LogP contribution in [0, 0.1) is 12.0 Å². The predicted molar refractivity (Wildman–Crippen MR) is 64.4 cm³/mol. The van der Waals surface area contributed by atoms with Gasteiger partial charge in [0.2, 0.25) is 5.95 Å². The number of nitrogens with zero attached hydrogens (tertiary/aromatic N) is 1. The Kier molecular flexibility index (Phi) is 3.38. The topological polar surface area (TPSA) is 22.1 Å². The minimum Gasteiger partial charge on any atom is -0.496 e. The molecule has 0 saturated carbocycles. The molecule has 0 atom stereocenters. The molecule has 0 aliphatic carbocycles. The van der Waals surface area contributed by atoms with Crippen LogP contribution < -0.4 is 4.74 Å². The molecule has 1 aromatic heterocycles. The molecular formula is C14H13FNO. The number of pyridine rings is 1. The largest absolute Gasteiger partial charge is 0.496 e. The highest BCUT2D eigenvalue weighted by Gasteiger charge is 2.08. The van der Waals surface area contributed by atoms with Gasteiger partial charge in [0, 0.05) is 17.3 Å². The fraction of sp³-hybridized carbons (Fsp3) is 0.214. The van der Waals surface area contributed by atoms with Crippen molar-refractivity contribution in [2.24, 2.45) is 0 Å². The summed E-state index contributed by atoms with van der Waals surface area (Å²) in [5.74, 6) is 0.250. The first-order valence-corrected chi connectivity index (χ1v) is 5.45. The molecule has 0 spiro atoms. The highest BCUT2D eigenvalue weighted by Crippen LogP contribution is 2.28. The van der Waals surface area contributed by atoms with Gasteiger partial charge in [-0.05, 0) is 42.3 Å². The number of hydrogen-bond acceptors (Lipinski definition) is 2. The van der Waals surface area contributed by atoms with Crippen molar-refractivity contribution in [1.82, 2.24) is 4.98 Å². The SMILES string of the molecule is CCc1[c]cc(-c2cccnc2F)cc1OC. The molecule has 0 unspecified atom stereocenters. The van der Waals surface area contributed by atoms with E-state index in [2.05, 4.69) is 11.1 Å². The van der Waals surface area contributed by atoms with Crippen LogP contribution in [0.15, 0.2) is 30.5 Å². The van der Waals surface area contributed by atoms with Crippen molar-refractivity contribution in [2.45, 2.75) is 13.3 Å². The molecule has 1 radical (unpaired) electrons. The van der Waals surface area contributed by atoms with Crippen molar-refractivity contribution in [3.05, 3.63) is 48.0 Å². The number of ether oxygens (including phenoxy) is 1. The monoisotopic (exact) mass is 230 g/mol. The molecule has 0 aliphatic rings. The van der Waals surface area contributed by atoms with E-state index < -0.39 is 5.95 Å². The molecule has 0 saturated heterocycles. The van der Waals surface area contributed by atoms with Crippen molar-refractivity contribution in [3.8, 4) is 16.9 Å². The van der Waals surface area contributed by atoms with Gasteiger partial charge < -0.3 is 4.74 Å². The molecule has 3 heteroatoms. The average Bonchev–Trinajstić information content (AvgIpc) is 2.38. The lowest BCUT2D eigenvalue weighted by Gasteiger charge is -2.09.